The zero-order valence-electron chi connectivity index (χ0n) is 17.1. The highest BCUT2D eigenvalue weighted by molar-refractivity contribution is 8.16. The third-order valence-electron chi connectivity index (χ3n) is 9.43. The standard InChI is InChI=1S/C23H33NO2S/c1-13(25)23-20(24-14(2)27-23)12-19-17-6-5-15-11-16(26)7-9-21(15,3)18(17)8-10-22(19,23)4/h5,16-20,26H,6-12H2,1-4H3/t16-,17?,18?,19?,20+,21-,22-,23+/m0/s1. The number of aliphatic hydroxyl groups excluding tert-OH is 1. The van der Waals surface area contributed by atoms with E-state index >= 15 is 0 Å². The average molecular weight is 388 g/mol. The zero-order chi connectivity index (χ0) is 19.2. The van der Waals surface area contributed by atoms with E-state index in [-0.39, 0.29) is 27.7 Å². The van der Waals surface area contributed by atoms with E-state index in [1.165, 1.54) is 12.0 Å². The summed E-state index contributed by atoms with van der Waals surface area (Å²) in [6, 6.07) is 0.181. The van der Waals surface area contributed by atoms with Crippen molar-refractivity contribution in [2.24, 2.45) is 33.6 Å². The minimum Gasteiger partial charge on any atom is -0.393 e. The molecule has 0 aromatic carbocycles. The molecule has 3 unspecified atom stereocenters. The van der Waals surface area contributed by atoms with Crippen LogP contribution in [0.2, 0.25) is 0 Å². The average Bonchev–Trinajstić information content (AvgIpc) is 3.06. The van der Waals surface area contributed by atoms with Gasteiger partial charge in [-0.2, -0.15) is 0 Å². The number of aliphatic imine (C=N–C) groups is 1. The Morgan fingerprint density at radius 3 is 2.78 bits per heavy atom. The first-order valence-corrected chi connectivity index (χ1v) is 11.7. The molecule has 1 N–H and O–H groups in total. The molecule has 3 nitrogen and oxygen atoms in total. The minimum absolute atomic E-state index is 0.0620. The Labute approximate surface area is 167 Å². The zero-order valence-corrected chi connectivity index (χ0v) is 17.9. The quantitative estimate of drug-likeness (QED) is 0.659. The topological polar surface area (TPSA) is 49.7 Å². The second-order valence-electron chi connectivity index (χ2n) is 10.4. The highest BCUT2D eigenvalue weighted by Gasteiger charge is 2.71. The van der Waals surface area contributed by atoms with Crippen LogP contribution in [-0.4, -0.2) is 32.8 Å². The second-order valence-corrected chi connectivity index (χ2v) is 11.8. The maximum absolute atomic E-state index is 13.0. The summed E-state index contributed by atoms with van der Waals surface area (Å²) in [5.74, 6) is 2.32. The summed E-state index contributed by atoms with van der Waals surface area (Å²) >= 11 is 1.79. The smallest absolute Gasteiger partial charge is 0.148 e. The van der Waals surface area contributed by atoms with Crippen molar-refractivity contribution < 1.29 is 9.90 Å². The number of hydrogen-bond acceptors (Lipinski definition) is 4. The van der Waals surface area contributed by atoms with Gasteiger partial charge < -0.3 is 5.11 Å². The molecule has 0 radical (unpaired) electrons. The van der Waals surface area contributed by atoms with Crippen LogP contribution in [0.4, 0.5) is 0 Å². The van der Waals surface area contributed by atoms with Crippen LogP contribution in [0.5, 0.6) is 0 Å². The Kier molecular flexibility index (Phi) is 3.90. The van der Waals surface area contributed by atoms with Crippen LogP contribution in [0.1, 0.15) is 72.6 Å². The molecule has 0 bridgehead atoms. The largest absolute Gasteiger partial charge is 0.393 e. The van der Waals surface area contributed by atoms with Gasteiger partial charge in [-0.1, -0.05) is 37.3 Å². The number of fused-ring (bicyclic) bond motifs is 7. The van der Waals surface area contributed by atoms with Gasteiger partial charge in [-0.05, 0) is 87.4 Å². The van der Waals surface area contributed by atoms with Crippen LogP contribution in [0, 0.1) is 28.6 Å². The summed E-state index contributed by atoms with van der Waals surface area (Å²) in [6.07, 6.45) is 9.87. The lowest BCUT2D eigenvalue weighted by Gasteiger charge is -2.59. The molecular weight excluding hydrogens is 354 g/mol. The van der Waals surface area contributed by atoms with E-state index < -0.39 is 0 Å². The summed E-state index contributed by atoms with van der Waals surface area (Å²) in [4.78, 5) is 18.0. The number of nitrogens with zero attached hydrogens (tertiary/aromatic N) is 1. The number of aliphatic hydroxyl groups is 1. The molecule has 3 saturated carbocycles. The predicted octanol–water partition coefficient (Wildman–Crippen LogP) is 4.78. The van der Waals surface area contributed by atoms with E-state index in [0.29, 0.717) is 23.5 Å². The molecule has 8 atom stereocenters. The monoisotopic (exact) mass is 387 g/mol. The van der Waals surface area contributed by atoms with Crippen molar-refractivity contribution >= 4 is 22.6 Å². The molecule has 0 aromatic rings. The fourth-order valence-electron chi connectivity index (χ4n) is 8.16. The van der Waals surface area contributed by atoms with E-state index in [9.17, 15) is 9.90 Å². The van der Waals surface area contributed by atoms with Gasteiger partial charge in [0, 0.05) is 0 Å². The highest BCUT2D eigenvalue weighted by atomic mass is 32.2. The molecule has 0 aromatic heterocycles. The maximum atomic E-state index is 13.0. The van der Waals surface area contributed by atoms with Crippen molar-refractivity contribution in [3.8, 4) is 0 Å². The number of thioether (sulfide) groups is 1. The van der Waals surface area contributed by atoms with Crippen LogP contribution in [0.3, 0.4) is 0 Å². The molecule has 4 heteroatoms. The van der Waals surface area contributed by atoms with Crippen LogP contribution >= 0.6 is 11.8 Å². The summed E-state index contributed by atoms with van der Waals surface area (Å²) in [7, 11) is 0. The summed E-state index contributed by atoms with van der Waals surface area (Å²) < 4.78 is -0.319. The lowest BCUT2D eigenvalue weighted by molar-refractivity contribution is -0.124. The first-order chi connectivity index (χ1) is 12.7. The first-order valence-electron chi connectivity index (χ1n) is 10.8. The van der Waals surface area contributed by atoms with Gasteiger partial charge in [-0.15, -0.1) is 0 Å². The third kappa shape index (κ3) is 2.15. The van der Waals surface area contributed by atoms with Gasteiger partial charge in [0.15, 0.2) is 0 Å². The molecule has 148 valence electrons. The number of hydrogen-bond donors (Lipinski definition) is 1. The number of carbonyl (C=O) groups excluding carboxylic acids is 1. The lowest BCUT2D eigenvalue weighted by atomic mass is 9.47. The molecule has 3 fully saturated rings. The summed E-state index contributed by atoms with van der Waals surface area (Å²) in [5, 5.41) is 11.3. The van der Waals surface area contributed by atoms with Gasteiger partial charge in [0.25, 0.3) is 0 Å². The number of rotatable bonds is 1. The fourth-order valence-corrected chi connectivity index (χ4v) is 9.72. The second kappa shape index (κ2) is 5.72. The van der Waals surface area contributed by atoms with E-state index in [4.69, 9.17) is 4.99 Å². The Balaban J connectivity index is 1.55. The summed E-state index contributed by atoms with van der Waals surface area (Å²) in [6.45, 7) is 8.79. The molecule has 5 aliphatic rings. The molecule has 4 aliphatic carbocycles. The molecule has 5 rings (SSSR count). The molecule has 0 spiro atoms. The SMILES string of the molecule is CC(=O)[C@@]12SC(C)=N[C@@H]1CC1C3CC=C4C[C@@H](O)CC[C@]4(C)C3CC[C@@]12C. The van der Waals surface area contributed by atoms with Crippen molar-refractivity contribution in [1.82, 2.24) is 0 Å². The molecule has 27 heavy (non-hydrogen) atoms. The van der Waals surface area contributed by atoms with Gasteiger partial charge >= 0.3 is 0 Å². The third-order valence-corrected chi connectivity index (χ3v) is 11.2. The maximum Gasteiger partial charge on any atom is 0.148 e. The highest BCUT2D eigenvalue weighted by Crippen LogP contribution is 2.71. The van der Waals surface area contributed by atoms with Gasteiger partial charge in [0.2, 0.25) is 0 Å². The Morgan fingerprint density at radius 2 is 2.04 bits per heavy atom. The Bertz CT molecular complexity index is 759. The molecule has 0 saturated heterocycles. The number of allylic oxidation sites excluding steroid dienone is 1. The van der Waals surface area contributed by atoms with E-state index in [2.05, 4.69) is 26.8 Å². The minimum atomic E-state index is -0.319. The molecule has 0 amide bonds. The van der Waals surface area contributed by atoms with Crippen molar-refractivity contribution in [2.75, 3.05) is 0 Å². The van der Waals surface area contributed by atoms with Gasteiger partial charge in [0.05, 0.1) is 17.2 Å². The van der Waals surface area contributed by atoms with Gasteiger partial charge in [-0.3, -0.25) is 9.79 Å². The van der Waals surface area contributed by atoms with Crippen molar-refractivity contribution in [3.63, 3.8) is 0 Å². The predicted molar refractivity (Wildman–Crippen MR) is 111 cm³/mol. The number of Topliss-reactive ketones (excluding diaryl/α,β-unsaturated/α-hetero) is 1. The van der Waals surface area contributed by atoms with Gasteiger partial charge in [0.1, 0.15) is 10.5 Å². The fraction of sp³-hybridized carbons (Fsp3) is 0.826. The van der Waals surface area contributed by atoms with Crippen LogP contribution in [-0.2, 0) is 4.79 Å². The van der Waals surface area contributed by atoms with E-state index in [1.807, 2.05) is 6.92 Å². The normalized spacial score (nSPS) is 53.6. The van der Waals surface area contributed by atoms with Crippen LogP contribution in [0.25, 0.3) is 0 Å². The first kappa shape index (κ1) is 18.4. The molecule has 1 heterocycles. The van der Waals surface area contributed by atoms with Gasteiger partial charge in [-0.25, -0.2) is 0 Å². The Morgan fingerprint density at radius 1 is 1.26 bits per heavy atom. The summed E-state index contributed by atoms with van der Waals surface area (Å²) in [5.41, 5.74) is 1.84. The van der Waals surface area contributed by atoms with Crippen molar-refractivity contribution in [2.45, 2.75) is 89.5 Å². The van der Waals surface area contributed by atoms with Crippen LogP contribution < -0.4 is 0 Å². The van der Waals surface area contributed by atoms with E-state index in [0.717, 1.165) is 43.6 Å². The van der Waals surface area contributed by atoms with E-state index in [1.54, 1.807) is 11.8 Å². The Hall–Kier alpha value is -0.610. The van der Waals surface area contributed by atoms with Crippen molar-refractivity contribution in [3.05, 3.63) is 11.6 Å². The van der Waals surface area contributed by atoms with Crippen molar-refractivity contribution in [1.29, 1.82) is 0 Å². The molecule has 1 aliphatic heterocycles. The number of carbonyl (C=O) groups is 1. The number of ketones is 1. The molecular formula is C23H33NO2S. The lowest BCUT2D eigenvalue weighted by Crippen LogP contribution is -2.57. The van der Waals surface area contributed by atoms with Crippen LogP contribution in [0.15, 0.2) is 16.6 Å².